The van der Waals surface area contributed by atoms with Crippen molar-refractivity contribution in [1.29, 1.82) is 0 Å². The Morgan fingerprint density at radius 2 is 1.71 bits per heavy atom. The van der Waals surface area contributed by atoms with Gasteiger partial charge in [0.1, 0.15) is 12.4 Å². The van der Waals surface area contributed by atoms with E-state index >= 15 is 0 Å². The molecule has 0 aliphatic heterocycles. The minimum absolute atomic E-state index is 0.132. The van der Waals surface area contributed by atoms with Crippen LogP contribution in [0.2, 0.25) is 0 Å². The number of rotatable bonds is 4. The van der Waals surface area contributed by atoms with Crippen molar-refractivity contribution in [3.05, 3.63) is 11.6 Å². The van der Waals surface area contributed by atoms with Crippen molar-refractivity contribution in [1.82, 2.24) is 25.4 Å². The van der Waals surface area contributed by atoms with Crippen molar-refractivity contribution in [2.24, 2.45) is 12.0 Å². The van der Waals surface area contributed by atoms with Crippen LogP contribution in [0.15, 0.2) is 4.99 Å². The fourth-order valence-electron chi connectivity index (χ4n) is 3.55. The third-order valence-corrected chi connectivity index (χ3v) is 5.29. The molecule has 0 saturated heterocycles. The number of nitrogens with one attached hydrogen (secondary N) is 2. The van der Waals surface area contributed by atoms with Gasteiger partial charge in [-0.05, 0) is 45.4 Å². The summed E-state index contributed by atoms with van der Waals surface area (Å²) in [5.41, 5.74) is 0. The van der Waals surface area contributed by atoms with E-state index in [2.05, 4.69) is 20.8 Å². The van der Waals surface area contributed by atoms with Crippen LogP contribution in [0.4, 0.5) is 0 Å². The molecule has 0 amide bonds. The number of nitrogens with zero attached hydrogens (tertiary/aromatic N) is 4. The van der Waals surface area contributed by atoms with Crippen LogP contribution in [0.1, 0.15) is 63.0 Å². The third-order valence-electron chi connectivity index (χ3n) is 5.29. The van der Waals surface area contributed by atoms with Gasteiger partial charge >= 0.3 is 0 Å². The first-order valence-corrected chi connectivity index (χ1v) is 9.22. The van der Waals surface area contributed by atoms with Crippen molar-refractivity contribution >= 4 is 5.96 Å². The summed E-state index contributed by atoms with van der Waals surface area (Å²) < 4.78 is 1.98. The first-order valence-electron chi connectivity index (χ1n) is 9.22. The fourth-order valence-corrected chi connectivity index (χ4v) is 3.55. The van der Waals surface area contributed by atoms with Crippen LogP contribution in [0.25, 0.3) is 0 Å². The molecule has 0 aromatic carbocycles. The third kappa shape index (κ3) is 4.47. The fraction of sp³-hybridized carbons (Fsp3) is 0.824. The zero-order valence-electron chi connectivity index (χ0n) is 14.8. The highest BCUT2D eigenvalue weighted by molar-refractivity contribution is 5.80. The van der Waals surface area contributed by atoms with E-state index in [1.54, 1.807) is 0 Å². The summed E-state index contributed by atoms with van der Waals surface area (Å²) in [4.78, 5) is 4.75. The molecule has 0 spiro atoms. The van der Waals surface area contributed by atoms with Crippen molar-refractivity contribution in [3.63, 3.8) is 0 Å². The summed E-state index contributed by atoms with van der Waals surface area (Å²) in [6, 6.07) is 0.911. The van der Waals surface area contributed by atoms with Crippen LogP contribution in [0.5, 0.6) is 0 Å². The Bertz CT molecular complexity index is 555. The Morgan fingerprint density at radius 1 is 1.08 bits per heavy atom. The van der Waals surface area contributed by atoms with Gasteiger partial charge in [-0.1, -0.05) is 12.8 Å². The second-order valence-corrected chi connectivity index (χ2v) is 7.16. The zero-order chi connectivity index (χ0) is 16.9. The summed E-state index contributed by atoms with van der Waals surface area (Å²) in [7, 11) is 1.97. The largest absolute Gasteiger partial charge is 0.393 e. The van der Waals surface area contributed by atoms with Gasteiger partial charge in [0, 0.05) is 19.1 Å². The highest BCUT2D eigenvalue weighted by Gasteiger charge is 2.22. The summed E-state index contributed by atoms with van der Waals surface area (Å²) in [5.74, 6) is 2.66. The minimum atomic E-state index is -0.132. The molecule has 3 N–H and O–H groups in total. The van der Waals surface area contributed by atoms with Crippen molar-refractivity contribution < 1.29 is 5.11 Å². The monoisotopic (exact) mass is 334 g/mol. The lowest BCUT2D eigenvalue weighted by atomic mass is 9.93. The molecule has 0 atom stereocenters. The Balaban J connectivity index is 1.63. The maximum absolute atomic E-state index is 9.68. The SMILES string of the molecule is Cc1nnc(CN=C(NC2CCCC2)NC2CCC(O)CC2)n1C. The molecule has 7 nitrogen and oxygen atoms in total. The van der Waals surface area contributed by atoms with Crippen LogP contribution < -0.4 is 10.6 Å². The molecule has 2 saturated carbocycles. The molecular formula is C17H30N6O. The van der Waals surface area contributed by atoms with E-state index in [4.69, 9.17) is 4.99 Å². The van der Waals surface area contributed by atoms with Crippen molar-refractivity contribution in [2.75, 3.05) is 0 Å². The first kappa shape index (κ1) is 17.2. The van der Waals surface area contributed by atoms with Gasteiger partial charge in [0.15, 0.2) is 11.8 Å². The van der Waals surface area contributed by atoms with E-state index in [-0.39, 0.29) is 6.10 Å². The van der Waals surface area contributed by atoms with Gasteiger partial charge in [-0.3, -0.25) is 0 Å². The zero-order valence-corrected chi connectivity index (χ0v) is 14.8. The molecule has 2 aliphatic rings. The van der Waals surface area contributed by atoms with E-state index in [9.17, 15) is 5.11 Å². The molecule has 134 valence electrons. The predicted molar refractivity (Wildman–Crippen MR) is 93.7 cm³/mol. The number of aliphatic hydroxyl groups is 1. The summed E-state index contributed by atoms with van der Waals surface area (Å²) >= 11 is 0. The van der Waals surface area contributed by atoms with Gasteiger partial charge < -0.3 is 20.3 Å². The second-order valence-electron chi connectivity index (χ2n) is 7.16. The van der Waals surface area contributed by atoms with Crippen molar-refractivity contribution in [3.8, 4) is 0 Å². The maximum Gasteiger partial charge on any atom is 0.192 e. The molecule has 1 heterocycles. The Morgan fingerprint density at radius 3 is 2.29 bits per heavy atom. The number of aliphatic hydroxyl groups excluding tert-OH is 1. The van der Waals surface area contributed by atoms with Crippen LogP contribution in [0.3, 0.4) is 0 Å². The van der Waals surface area contributed by atoms with Crippen LogP contribution in [-0.2, 0) is 13.6 Å². The van der Waals surface area contributed by atoms with Crippen LogP contribution in [0, 0.1) is 6.92 Å². The molecular weight excluding hydrogens is 304 g/mol. The Labute approximate surface area is 144 Å². The average Bonchev–Trinajstić information content (AvgIpc) is 3.19. The number of hydrogen-bond acceptors (Lipinski definition) is 4. The minimum Gasteiger partial charge on any atom is -0.393 e. The molecule has 24 heavy (non-hydrogen) atoms. The van der Waals surface area contributed by atoms with E-state index in [1.807, 2.05) is 18.5 Å². The lowest BCUT2D eigenvalue weighted by Gasteiger charge is -2.28. The normalized spacial score (nSPS) is 25.9. The molecule has 2 aliphatic carbocycles. The molecule has 0 radical (unpaired) electrons. The topological polar surface area (TPSA) is 87.4 Å². The number of aliphatic imine (C=N–C) groups is 1. The molecule has 7 heteroatoms. The summed E-state index contributed by atoms with van der Waals surface area (Å²) in [6.07, 6.45) is 8.62. The molecule has 0 bridgehead atoms. The van der Waals surface area contributed by atoms with Gasteiger partial charge in [0.25, 0.3) is 0 Å². The van der Waals surface area contributed by atoms with Crippen LogP contribution >= 0.6 is 0 Å². The van der Waals surface area contributed by atoms with Crippen LogP contribution in [-0.4, -0.2) is 44.0 Å². The van der Waals surface area contributed by atoms with Gasteiger partial charge in [-0.2, -0.15) is 0 Å². The van der Waals surface area contributed by atoms with Gasteiger partial charge in [0.2, 0.25) is 0 Å². The van der Waals surface area contributed by atoms with Gasteiger partial charge in [-0.15, -0.1) is 10.2 Å². The summed E-state index contributed by atoms with van der Waals surface area (Å²) in [5, 5.41) is 25.1. The molecule has 1 aromatic rings. The van der Waals surface area contributed by atoms with Gasteiger partial charge in [-0.25, -0.2) is 4.99 Å². The summed E-state index contributed by atoms with van der Waals surface area (Å²) in [6.45, 7) is 2.47. The Hall–Kier alpha value is -1.63. The van der Waals surface area contributed by atoms with E-state index < -0.39 is 0 Å². The van der Waals surface area contributed by atoms with E-state index in [1.165, 1.54) is 25.7 Å². The smallest absolute Gasteiger partial charge is 0.192 e. The Kier molecular flexibility index (Phi) is 5.71. The molecule has 3 rings (SSSR count). The highest BCUT2D eigenvalue weighted by atomic mass is 16.3. The first-order chi connectivity index (χ1) is 11.6. The molecule has 1 aromatic heterocycles. The number of aryl methyl sites for hydroxylation is 1. The highest BCUT2D eigenvalue weighted by Crippen LogP contribution is 2.20. The number of guanidine groups is 1. The molecule has 2 fully saturated rings. The quantitative estimate of drug-likeness (QED) is 0.572. The standard InChI is InChI=1S/C17H30N6O/c1-12-21-22-16(23(12)2)11-18-17(19-13-5-3-4-6-13)20-14-7-9-15(24)10-8-14/h13-15,24H,3-11H2,1-2H3,(H2,18,19,20). The second kappa shape index (κ2) is 7.96. The lowest BCUT2D eigenvalue weighted by molar-refractivity contribution is 0.120. The van der Waals surface area contributed by atoms with E-state index in [0.29, 0.717) is 18.6 Å². The molecule has 0 unspecified atom stereocenters. The number of aromatic nitrogens is 3. The van der Waals surface area contributed by atoms with E-state index in [0.717, 1.165) is 43.3 Å². The number of hydrogen-bond donors (Lipinski definition) is 3. The maximum atomic E-state index is 9.68. The van der Waals surface area contributed by atoms with Gasteiger partial charge in [0.05, 0.1) is 6.10 Å². The predicted octanol–water partition coefficient (Wildman–Crippen LogP) is 1.40. The lowest BCUT2D eigenvalue weighted by Crippen LogP contribution is -2.48. The average molecular weight is 334 g/mol. The van der Waals surface area contributed by atoms with Crippen molar-refractivity contribution in [2.45, 2.75) is 83.0 Å².